The van der Waals surface area contributed by atoms with Crippen molar-refractivity contribution in [2.75, 3.05) is 11.9 Å². The number of likely N-dealkylation sites (tertiary alicyclic amines) is 1. The number of anilines is 1. The molecule has 1 aromatic heterocycles. The molecule has 24 heavy (non-hydrogen) atoms. The van der Waals surface area contributed by atoms with Crippen LogP contribution in [0.3, 0.4) is 0 Å². The van der Waals surface area contributed by atoms with Crippen LogP contribution in [0, 0.1) is 5.92 Å². The Hall–Kier alpha value is -1.85. The Morgan fingerprint density at radius 3 is 2.46 bits per heavy atom. The molecular formula is C18H26N4O2. The molecule has 0 spiro atoms. The molecule has 130 valence electrons. The third-order valence-electron chi connectivity index (χ3n) is 5.89. The van der Waals surface area contributed by atoms with Gasteiger partial charge in [-0.2, -0.15) is 5.10 Å². The largest absolute Gasteiger partial charge is 0.339 e. The molecule has 3 aliphatic rings. The van der Waals surface area contributed by atoms with Crippen molar-refractivity contribution in [3.8, 4) is 0 Å². The molecule has 4 rings (SSSR count). The minimum absolute atomic E-state index is 0.0383. The van der Waals surface area contributed by atoms with Gasteiger partial charge in [-0.15, -0.1) is 0 Å². The van der Waals surface area contributed by atoms with Crippen LogP contribution in [0.2, 0.25) is 0 Å². The summed E-state index contributed by atoms with van der Waals surface area (Å²) < 4.78 is 1.95. The summed E-state index contributed by atoms with van der Waals surface area (Å²) in [7, 11) is 0. The van der Waals surface area contributed by atoms with E-state index in [1.54, 1.807) is 6.20 Å². The van der Waals surface area contributed by atoms with Crippen LogP contribution >= 0.6 is 0 Å². The Morgan fingerprint density at radius 2 is 1.75 bits per heavy atom. The quantitative estimate of drug-likeness (QED) is 0.923. The maximum atomic E-state index is 12.7. The van der Waals surface area contributed by atoms with Gasteiger partial charge in [-0.3, -0.25) is 9.59 Å². The van der Waals surface area contributed by atoms with Gasteiger partial charge in [0.25, 0.3) is 0 Å². The summed E-state index contributed by atoms with van der Waals surface area (Å²) in [5.41, 5.74) is 0. The van der Waals surface area contributed by atoms with E-state index in [1.807, 2.05) is 15.6 Å². The minimum Gasteiger partial charge on any atom is -0.339 e. The fourth-order valence-corrected chi connectivity index (χ4v) is 4.56. The average molecular weight is 330 g/mol. The zero-order valence-corrected chi connectivity index (χ0v) is 14.1. The third kappa shape index (κ3) is 2.94. The average Bonchev–Trinajstić information content (AvgIpc) is 3.34. The lowest BCUT2D eigenvalue weighted by molar-refractivity contribution is -0.129. The maximum absolute atomic E-state index is 12.7. The van der Waals surface area contributed by atoms with Crippen LogP contribution in [0.15, 0.2) is 12.3 Å². The van der Waals surface area contributed by atoms with E-state index >= 15 is 0 Å². The molecule has 0 bridgehead atoms. The van der Waals surface area contributed by atoms with E-state index in [1.165, 1.54) is 25.7 Å². The molecule has 0 radical (unpaired) electrons. The van der Waals surface area contributed by atoms with E-state index in [4.69, 9.17) is 0 Å². The third-order valence-corrected chi connectivity index (χ3v) is 5.89. The van der Waals surface area contributed by atoms with Crippen LogP contribution in [-0.4, -0.2) is 39.1 Å². The van der Waals surface area contributed by atoms with Crippen molar-refractivity contribution in [3.63, 3.8) is 0 Å². The molecule has 1 aromatic rings. The first-order chi connectivity index (χ1) is 11.7. The van der Waals surface area contributed by atoms with E-state index in [9.17, 15) is 9.59 Å². The fourth-order valence-electron chi connectivity index (χ4n) is 4.56. The summed E-state index contributed by atoms with van der Waals surface area (Å²) in [6, 6.07) is 2.62. The molecule has 6 nitrogen and oxygen atoms in total. The predicted octanol–water partition coefficient (Wildman–Crippen LogP) is 2.73. The Kier molecular flexibility index (Phi) is 4.29. The number of carbonyl (C=O) groups excluding carboxylic acids is 2. The maximum Gasteiger partial charge on any atom is 0.230 e. The van der Waals surface area contributed by atoms with Gasteiger partial charge in [-0.25, -0.2) is 4.68 Å². The second kappa shape index (κ2) is 6.57. The number of rotatable bonds is 4. The van der Waals surface area contributed by atoms with Crippen LogP contribution in [0.1, 0.15) is 63.8 Å². The Labute approximate surface area is 142 Å². The van der Waals surface area contributed by atoms with Crippen LogP contribution in [0.25, 0.3) is 0 Å². The molecular weight excluding hydrogens is 304 g/mol. The lowest BCUT2D eigenvalue weighted by Crippen LogP contribution is -2.35. The molecule has 1 N–H and O–H groups in total. The van der Waals surface area contributed by atoms with Crippen molar-refractivity contribution in [2.45, 2.75) is 69.9 Å². The second-order valence-electron chi connectivity index (χ2n) is 7.47. The number of carbonyl (C=O) groups is 2. The molecule has 1 atom stereocenters. The van der Waals surface area contributed by atoms with E-state index < -0.39 is 0 Å². The van der Waals surface area contributed by atoms with Gasteiger partial charge in [-0.1, -0.05) is 25.7 Å². The SMILES string of the molecule is O=C(Nc1ccnn1C1CCCC1)[C@H]1CC(=O)N(C2CCCC2)C1. The van der Waals surface area contributed by atoms with Crippen molar-refractivity contribution in [2.24, 2.45) is 5.92 Å². The topological polar surface area (TPSA) is 67.2 Å². The highest BCUT2D eigenvalue weighted by Gasteiger charge is 2.38. The Balaban J connectivity index is 1.40. The van der Waals surface area contributed by atoms with Gasteiger partial charge in [0.1, 0.15) is 5.82 Å². The lowest BCUT2D eigenvalue weighted by Gasteiger charge is -2.24. The number of hydrogen-bond donors (Lipinski definition) is 1. The summed E-state index contributed by atoms with van der Waals surface area (Å²) in [4.78, 5) is 26.9. The van der Waals surface area contributed by atoms with E-state index in [0.717, 1.165) is 31.5 Å². The molecule has 0 unspecified atom stereocenters. The van der Waals surface area contributed by atoms with Gasteiger partial charge in [0.15, 0.2) is 0 Å². The van der Waals surface area contributed by atoms with E-state index in [-0.39, 0.29) is 17.7 Å². The lowest BCUT2D eigenvalue weighted by atomic mass is 10.1. The smallest absolute Gasteiger partial charge is 0.230 e. The summed E-state index contributed by atoms with van der Waals surface area (Å²) in [5.74, 6) is 0.652. The summed E-state index contributed by atoms with van der Waals surface area (Å²) in [6.07, 6.45) is 11.4. The first-order valence-corrected chi connectivity index (χ1v) is 9.36. The van der Waals surface area contributed by atoms with E-state index in [2.05, 4.69) is 10.4 Å². The highest BCUT2D eigenvalue weighted by molar-refractivity contribution is 5.96. The van der Waals surface area contributed by atoms with Crippen LogP contribution in [0.4, 0.5) is 5.82 Å². The Bertz CT molecular complexity index is 614. The molecule has 2 aliphatic carbocycles. The van der Waals surface area contributed by atoms with Crippen LogP contribution < -0.4 is 5.32 Å². The fraction of sp³-hybridized carbons (Fsp3) is 0.722. The van der Waals surface area contributed by atoms with E-state index in [0.29, 0.717) is 25.0 Å². The summed E-state index contributed by atoms with van der Waals surface area (Å²) in [5, 5.41) is 7.42. The predicted molar refractivity (Wildman–Crippen MR) is 90.4 cm³/mol. The van der Waals surface area contributed by atoms with Gasteiger partial charge in [0.2, 0.25) is 11.8 Å². The molecule has 2 heterocycles. The minimum atomic E-state index is -0.231. The molecule has 3 fully saturated rings. The van der Waals surface area contributed by atoms with Crippen molar-refractivity contribution in [1.82, 2.24) is 14.7 Å². The number of aromatic nitrogens is 2. The molecule has 6 heteroatoms. The molecule has 1 saturated heterocycles. The number of amides is 2. The molecule has 0 aromatic carbocycles. The summed E-state index contributed by atoms with van der Waals surface area (Å²) >= 11 is 0. The highest BCUT2D eigenvalue weighted by Crippen LogP contribution is 2.32. The monoisotopic (exact) mass is 330 g/mol. The molecule has 2 saturated carbocycles. The zero-order valence-electron chi connectivity index (χ0n) is 14.1. The van der Waals surface area contributed by atoms with Gasteiger partial charge in [0.05, 0.1) is 18.2 Å². The van der Waals surface area contributed by atoms with Gasteiger partial charge in [-0.05, 0) is 25.7 Å². The van der Waals surface area contributed by atoms with Gasteiger partial charge in [0, 0.05) is 25.1 Å². The highest BCUT2D eigenvalue weighted by atomic mass is 16.2. The normalized spacial score (nSPS) is 25.8. The van der Waals surface area contributed by atoms with Crippen molar-refractivity contribution in [1.29, 1.82) is 0 Å². The first kappa shape index (κ1) is 15.7. The first-order valence-electron chi connectivity index (χ1n) is 9.36. The molecule has 1 aliphatic heterocycles. The van der Waals surface area contributed by atoms with Crippen molar-refractivity contribution >= 4 is 17.6 Å². The number of nitrogens with one attached hydrogen (secondary N) is 1. The zero-order chi connectivity index (χ0) is 16.5. The molecule has 2 amide bonds. The van der Waals surface area contributed by atoms with Gasteiger partial charge >= 0.3 is 0 Å². The van der Waals surface area contributed by atoms with Crippen LogP contribution in [-0.2, 0) is 9.59 Å². The number of hydrogen-bond acceptors (Lipinski definition) is 3. The van der Waals surface area contributed by atoms with Crippen molar-refractivity contribution in [3.05, 3.63) is 12.3 Å². The standard InChI is InChI=1S/C18H26N4O2/c23-17-11-13(12-21(17)14-5-1-2-6-14)18(24)20-16-9-10-19-22(16)15-7-3-4-8-15/h9-10,13-15H,1-8,11-12H2,(H,20,24)/t13-/m0/s1. The van der Waals surface area contributed by atoms with Gasteiger partial charge < -0.3 is 10.2 Å². The summed E-state index contributed by atoms with van der Waals surface area (Å²) in [6.45, 7) is 0.576. The Morgan fingerprint density at radius 1 is 1.08 bits per heavy atom. The van der Waals surface area contributed by atoms with Crippen molar-refractivity contribution < 1.29 is 9.59 Å². The van der Waals surface area contributed by atoms with Crippen LogP contribution in [0.5, 0.6) is 0 Å². The number of nitrogens with zero attached hydrogens (tertiary/aromatic N) is 3. The second-order valence-corrected chi connectivity index (χ2v) is 7.47.